The highest BCUT2D eigenvalue weighted by atomic mass is 16.5. The van der Waals surface area contributed by atoms with Crippen molar-refractivity contribution in [3.8, 4) is 5.75 Å². The molecule has 94 valence electrons. The number of hydrogen-bond acceptors (Lipinski definition) is 4. The quantitative estimate of drug-likeness (QED) is 0.564. The van der Waals surface area contributed by atoms with E-state index in [4.69, 9.17) is 9.47 Å². The number of esters is 1. The van der Waals surface area contributed by atoms with E-state index in [0.29, 0.717) is 6.61 Å². The first-order valence-electron chi connectivity index (χ1n) is 5.89. The molecule has 0 aliphatic rings. The van der Waals surface area contributed by atoms with Crippen molar-refractivity contribution in [3.63, 3.8) is 0 Å². The number of carbonyl (C=O) groups is 1. The minimum absolute atomic E-state index is 0.303. The van der Waals surface area contributed by atoms with Gasteiger partial charge in [0.25, 0.3) is 0 Å². The first-order valence-corrected chi connectivity index (χ1v) is 5.89. The summed E-state index contributed by atoms with van der Waals surface area (Å²) in [6, 6.07) is 3.66. The van der Waals surface area contributed by atoms with Gasteiger partial charge >= 0.3 is 5.97 Å². The topological polar surface area (TPSA) is 48.4 Å². The van der Waals surface area contributed by atoms with Crippen LogP contribution in [0.2, 0.25) is 0 Å². The molecule has 0 aromatic carbocycles. The predicted molar refractivity (Wildman–Crippen MR) is 64.8 cm³/mol. The fourth-order valence-corrected chi connectivity index (χ4v) is 1.36. The van der Waals surface area contributed by atoms with Crippen LogP contribution in [0.5, 0.6) is 5.75 Å². The SMILES string of the molecule is CCCCOc1ccc(C(C)OC(C)=O)nc1. The van der Waals surface area contributed by atoms with Crippen LogP contribution in [0.3, 0.4) is 0 Å². The molecule has 1 atom stereocenters. The summed E-state index contributed by atoms with van der Waals surface area (Å²) in [5.41, 5.74) is 0.725. The summed E-state index contributed by atoms with van der Waals surface area (Å²) in [6.07, 6.45) is 3.48. The average Bonchev–Trinajstić information content (AvgIpc) is 2.29. The van der Waals surface area contributed by atoms with E-state index >= 15 is 0 Å². The number of ether oxygens (including phenoxy) is 2. The second-order valence-corrected chi connectivity index (χ2v) is 3.87. The molecular weight excluding hydrogens is 218 g/mol. The molecule has 4 heteroatoms. The molecule has 0 aliphatic heterocycles. The predicted octanol–water partition coefficient (Wildman–Crippen LogP) is 2.88. The van der Waals surface area contributed by atoms with E-state index in [9.17, 15) is 4.79 Å². The zero-order chi connectivity index (χ0) is 12.7. The smallest absolute Gasteiger partial charge is 0.303 e. The lowest BCUT2D eigenvalue weighted by Gasteiger charge is -2.11. The number of rotatable bonds is 6. The molecule has 0 bridgehead atoms. The Morgan fingerprint density at radius 1 is 1.47 bits per heavy atom. The molecule has 0 saturated carbocycles. The van der Waals surface area contributed by atoms with Gasteiger partial charge in [0.2, 0.25) is 0 Å². The van der Waals surface area contributed by atoms with Crippen LogP contribution in [0.4, 0.5) is 0 Å². The van der Waals surface area contributed by atoms with Crippen LogP contribution in [0.15, 0.2) is 18.3 Å². The van der Waals surface area contributed by atoms with Crippen LogP contribution < -0.4 is 4.74 Å². The van der Waals surface area contributed by atoms with Gasteiger partial charge in [-0.15, -0.1) is 0 Å². The van der Waals surface area contributed by atoms with Crippen molar-refractivity contribution >= 4 is 5.97 Å². The van der Waals surface area contributed by atoms with Gasteiger partial charge in [-0.05, 0) is 25.5 Å². The van der Waals surface area contributed by atoms with E-state index in [1.54, 1.807) is 13.1 Å². The Kier molecular flexibility index (Phi) is 5.46. The van der Waals surface area contributed by atoms with Gasteiger partial charge in [-0.2, -0.15) is 0 Å². The van der Waals surface area contributed by atoms with Crippen LogP contribution in [-0.4, -0.2) is 17.6 Å². The zero-order valence-electron chi connectivity index (χ0n) is 10.6. The molecule has 1 rings (SSSR count). The molecule has 1 heterocycles. The second kappa shape index (κ2) is 6.89. The van der Waals surface area contributed by atoms with E-state index in [0.717, 1.165) is 24.3 Å². The molecule has 0 amide bonds. The first kappa shape index (κ1) is 13.5. The first-order chi connectivity index (χ1) is 8.13. The molecule has 0 aliphatic carbocycles. The van der Waals surface area contributed by atoms with Crippen molar-refractivity contribution in [1.82, 2.24) is 4.98 Å². The molecular formula is C13H19NO3. The summed E-state index contributed by atoms with van der Waals surface area (Å²) in [7, 11) is 0. The Labute approximate surface area is 102 Å². The minimum Gasteiger partial charge on any atom is -0.492 e. The van der Waals surface area contributed by atoms with Crippen molar-refractivity contribution < 1.29 is 14.3 Å². The second-order valence-electron chi connectivity index (χ2n) is 3.87. The van der Waals surface area contributed by atoms with Crippen LogP contribution in [-0.2, 0) is 9.53 Å². The van der Waals surface area contributed by atoms with E-state index in [2.05, 4.69) is 11.9 Å². The third kappa shape index (κ3) is 4.85. The molecule has 17 heavy (non-hydrogen) atoms. The Morgan fingerprint density at radius 2 is 2.24 bits per heavy atom. The summed E-state index contributed by atoms with van der Waals surface area (Å²) in [4.78, 5) is 15.0. The van der Waals surface area contributed by atoms with Gasteiger partial charge in [0.1, 0.15) is 11.9 Å². The summed E-state index contributed by atoms with van der Waals surface area (Å²) < 4.78 is 10.5. The maximum atomic E-state index is 10.8. The lowest BCUT2D eigenvalue weighted by atomic mass is 10.2. The van der Waals surface area contributed by atoms with Gasteiger partial charge in [0.05, 0.1) is 18.5 Å². The summed E-state index contributed by atoms with van der Waals surface area (Å²) in [5, 5.41) is 0. The minimum atomic E-state index is -0.322. The fraction of sp³-hybridized carbons (Fsp3) is 0.538. The zero-order valence-corrected chi connectivity index (χ0v) is 10.6. The van der Waals surface area contributed by atoms with E-state index < -0.39 is 0 Å². The summed E-state index contributed by atoms with van der Waals surface area (Å²) in [5.74, 6) is 0.444. The Balaban J connectivity index is 2.52. The lowest BCUT2D eigenvalue weighted by Crippen LogP contribution is -2.06. The Hall–Kier alpha value is -1.58. The number of aromatic nitrogens is 1. The molecule has 0 radical (unpaired) electrons. The molecule has 0 N–H and O–H groups in total. The van der Waals surface area contributed by atoms with Gasteiger partial charge in [-0.3, -0.25) is 9.78 Å². The number of hydrogen-bond donors (Lipinski definition) is 0. The molecule has 1 unspecified atom stereocenters. The summed E-state index contributed by atoms with van der Waals surface area (Å²) in [6.45, 7) is 6.00. The Morgan fingerprint density at radius 3 is 2.76 bits per heavy atom. The highest BCUT2D eigenvalue weighted by Crippen LogP contribution is 2.17. The van der Waals surface area contributed by atoms with E-state index in [1.807, 2.05) is 12.1 Å². The van der Waals surface area contributed by atoms with Gasteiger partial charge in [-0.1, -0.05) is 13.3 Å². The number of carbonyl (C=O) groups excluding carboxylic acids is 1. The van der Waals surface area contributed by atoms with Crippen LogP contribution in [0, 0.1) is 0 Å². The largest absolute Gasteiger partial charge is 0.492 e. The maximum absolute atomic E-state index is 10.8. The molecule has 0 saturated heterocycles. The molecule has 4 nitrogen and oxygen atoms in total. The Bertz CT molecular complexity index is 348. The highest BCUT2D eigenvalue weighted by molar-refractivity contribution is 5.66. The third-order valence-electron chi connectivity index (χ3n) is 2.29. The van der Waals surface area contributed by atoms with Crippen molar-refractivity contribution in [1.29, 1.82) is 0 Å². The standard InChI is InChI=1S/C13H19NO3/c1-4-5-8-16-12-6-7-13(14-9-12)10(2)17-11(3)15/h6-7,9-10H,4-5,8H2,1-3H3. The van der Waals surface area contributed by atoms with Crippen molar-refractivity contribution in [2.75, 3.05) is 6.61 Å². The molecule has 0 spiro atoms. The van der Waals surface area contributed by atoms with Gasteiger partial charge in [-0.25, -0.2) is 0 Å². The normalized spacial score (nSPS) is 11.9. The van der Waals surface area contributed by atoms with Crippen molar-refractivity contribution in [2.45, 2.75) is 39.7 Å². The average molecular weight is 237 g/mol. The van der Waals surface area contributed by atoms with E-state index in [-0.39, 0.29) is 12.1 Å². The van der Waals surface area contributed by atoms with E-state index in [1.165, 1.54) is 6.92 Å². The van der Waals surface area contributed by atoms with Gasteiger partial charge in [0.15, 0.2) is 0 Å². The molecule has 1 aromatic heterocycles. The van der Waals surface area contributed by atoms with Crippen LogP contribution in [0.1, 0.15) is 45.4 Å². The maximum Gasteiger partial charge on any atom is 0.303 e. The summed E-state index contributed by atoms with van der Waals surface area (Å²) >= 11 is 0. The fourth-order valence-electron chi connectivity index (χ4n) is 1.36. The van der Waals surface area contributed by atoms with Gasteiger partial charge < -0.3 is 9.47 Å². The van der Waals surface area contributed by atoms with Crippen molar-refractivity contribution in [3.05, 3.63) is 24.0 Å². The highest BCUT2D eigenvalue weighted by Gasteiger charge is 2.09. The van der Waals surface area contributed by atoms with Crippen molar-refractivity contribution in [2.24, 2.45) is 0 Å². The van der Waals surface area contributed by atoms with Crippen LogP contribution >= 0.6 is 0 Å². The number of nitrogens with zero attached hydrogens (tertiary/aromatic N) is 1. The van der Waals surface area contributed by atoms with Gasteiger partial charge in [0, 0.05) is 6.92 Å². The number of unbranched alkanes of at least 4 members (excludes halogenated alkanes) is 1. The van der Waals surface area contributed by atoms with Crippen LogP contribution in [0.25, 0.3) is 0 Å². The third-order valence-corrected chi connectivity index (χ3v) is 2.29. The molecule has 1 aromatic rings. The number of pyridine rings is 1. The monoisotopic (exact) mass is 237 g/mol. The molecule has 0 fully saturated rings. The lowest BCUT2D eigenvalue weighted by molar-refractivity contribution is -0.145.